The van der Waals surface area contributed by atoms with Gasteiger partial charge in [-0.3, -0.25) is 4.98 Å². The van der Waals surface area contributed by atoms with Crippen molar-refractivity contribution in [2.75, 3.05) is 0 Å². The Morgan fingerprint density at radius 2 is 1.43 bits per heavy atom. The summed E-state index contributed by atoms with van der Waals surface area (Å²) in [5.41, 5.74) is 8.55. The molecule has 0 saturated heterocycles. The molecule has 3 aromatic rings. The second-order valence-corrected chi connectivity index (χ2v) is 5.55. The van der Waals surface area contributed by atoms with Crippen molar-refractivity contribution in [1.29, 1.82) is 0 Å². The Kier molecular flexibility index (Phi) is 3.57. The van der Waals surface area contributed by atoms with Gasteiger partial charge in [-0.05, 0) is 54.7 Å². The zero-order valence-electron chi connectivity index (χ0n) is 12.7. The molecule has 21 heavy (non-hydrogen) atoms. The number of pyridine rings is 1. The van der Waals surface area contributed by atoms with Gasteiger partial charge in [0, 0.05) is 11.8 Å². The second kappa shape index (κ2) is 5.53. The van der Waals surface area contributed by atoms with Crippen molar-refractivity contribution in [3.05, 3.63) is 77.5 Å². The number of benzene rings is 2. The molecular formula is C20H19N. The van der Waals surface area contributed by atoms with E-state index in [9.17, 15) is 0 Å². The highest BCUT2D eigenvalue weighted by atomic mass is 14.7. The molecular weight excluding hydrogens is 254 g/mol. The number of nitrogens with zero attached hydrogens (tertiary/aromatic N) is 1. The molecule has 0 atom stereocenters. The van der Waals surface area contributed by atoms with Crippen molar-refractivity contribution in [3.8, 4) is 22.4 Å². The molecule has 0 amide bonds. The first-order valence-corrected chi connectivity index (χ1v) is 7.25. The number of rotatable bonds is 2. The van der Waals surface area contributed by atoms with Gasteiger partial charge in [-0.2, -0.15) is 0 Å². The van der Waals surface area contributed by atoms with Crippen molar-refractivity contribution in [2.24, 2.45) is 0 Å². The van der Waals surface area contributed by atoms with Crippen LogP contribution in [0.5, 0.6) is 0 Å². The first kappa shape index (κ1) is 13.6. The molecule has 0 spiro atoms. The molecule has 0 N–H and O–H groups in total. The number of hydrogen-bond acceptors (Lipinski definition) is 1. The van der Waals surface area contributed by atoms with Crippen LogP contribution in [0.3, 0.4) is 0 Å². The van der Waals surface area contributed by atoms with Crippen LogP contribution in [0.15, 0.2) is 60.8 Å². The Labute approximate surface area is 126 Å². The smallest absolute Gasteiger partial charge is 0.0708 e. The van der Waals surface area contributed by atoms with E-state index in [1.54, 1.807) is 0 Å². The lowest BCUT2D eigenvalue weighted by atomic mass is 9.97. The molecule has 0 aliphatic carbocycles. The Morgan fingerprint density at radius 1 is 0.667 bits per heavy atom. The summed E-state index contributed by atoms with van der Waals surface area (Å²) in [7, 11) is 0. The van der Waals surface area contributed by atoms with Crippen LogP contribution in [-0.4, -0.2) is 4.98 Å². The molecule has 1 aromatic heterocycles. The molecule has 1 heteroatoms. The molecule has 2 aromatic carbocycles. The van der Waals surface area contributed by atoms with Gasteiger partial charge in [0.05, 0.1) is 5.69 Å². The van der Waals surface area contributed by atoms with Crippen LogP contribution in [0.1, 0.15) is 16.7 Å². The van der Waals surface area contributed by atoms with Gasteiger partial charge in [0.15, 0.2) is 0 Å². The summed E-state index contributed by atoms with van der Waals surface area (Å²) in [5, 5.41) is 0. The van der Waals surface area contributed by atoms with Crippen molar-refractivity contribution >= 4 is 0 Å². The largest absolute Gasteiger partial charge is 0.256 e. The third-order valence-electron chi connectivity index (χ3n) is 3.99. The predicted octanol–water partition coefficient (Wildman–Crippen LogP) is 5.34. The van der Waals surface area contributed by atoms with Gasteiger partial charge in [0.1, 0.15) is 0 Å². The standard InChI is InChI=1S/C20H19N/c1-14-9-10-18(11-15(14)2)19-12-20(21-13-16(19)3)17-7-5-4-6-8-17/h4-13H,1-3H3. The summed E-state index contributed by atoms with van der Waals surface area (Å²) in [4.78, 5) is 4.57. The topological polar surface area (TPSA) is 12.9 Å². The zero-order valence-corrected chi connectivity index (χ0v) is 12.7. The number of aromatic nitrogens is 1. The van der Waals surface area contributed by atoms with E-state index in [1.807, 2.05) is 24.4 Å². The minimum absolute atomic E-state index is 1.02. The summed E-state index contributed by atoms with van der Waals surface area (Å²) in [5.74, 6) is 0. The molecule has 0 aliphatic heterocycles. The molecule has 1 heterocycles. The highest BCUT2D eigenvalue weighted by Gasteiger charge is 2.07. The van der Waals surface area contributed by atoms with Crippen LogP contribution in [-0.2, 0) is 0 Å². The lowest BCUT2D eigenvalue weighted by Crippen LogP contribution is -1.91. The molecule has 104 valence electrons. The van der Waals surface area contributed by atoms with E-state index >= 15 is 0 Å². The van der Waals surface area contributed by atoms with Gasteiger partial charge in [-0.1, -0.05) is 48.5 Å². The van der Waals surface area contributed by atoms with Crippen LogP contribution in [0.4, 0.5) is 0 Å². The molecule has 0 radical (unpaired) electrons. The maximum atomic E-state index is 4.57. The summed E-state index contributed by atoms with van der Waals surface area (Å²) in [6.45, 7) is 6.42. The zero-order chi connectivity index (χ0) is 14.8. The fourth-order valence-electron chi connectivity index (χ4n) is 2.51. The minimum atomic E-state index is 1.02. The van der Waals surface area contributed by atoms with Gasteiger partial charge in [0.2, 0.25) is 0 Å². The van der Waals surface area contributed by atoms with Crippen LogP contribution >= 0.6 is 0 Å². The van der Waals surface area contributed by atoms with E-state index in [-0.39, 0.29) is 0 Å². The summed E-state index contributed by atoms with van der Waals surface area (Å²) < 4.78 is 0. The van der Waals surface area contributed by atoms with Crippen molar-refractivity contribution in [2.45, 2.75) is 20.8 Å². The molecule has 0 unspecified atom stereocenters. The normalized spacial score (nSPS) is 10.6. The Morgan fingerprint density at radius 3 is 2.14 bits per heavy atom. The number of hydrogen-bond donors (Lipinski definition) is 0. The fraction of sp³-hybridized carbons (Fsp3) is 0.150. The SMILES string of the molecule is Cc1ccc(-c2cc(-c3ccccc3)ncc2C)cc1C. The van der Waals surface area contributed by atoms with E-state index in [0.717, 1.165) is 11.3 Å². The Hall–Kier alpha value is -2.41. The highest BCUT2D eigenvalue weighted by molar-refractivity contribution is 5.73. The molecule has 0 bridgehead atoms. The molecule has 1 nitrogen and oxygen atoms in total. The highest BCUT2D eigenvalue weighted by Crippen LogP contribution is 2.28. The van der Waals surface area contributed by atoms with Crippen molar-refractivity contribution in [3.63, 3.8) is 0 Å². The molecule has 0 fully saturated rings. The molecule has 0 saturated carbocycles. The second-order valence-electron chi connectivity index (χ2n) is 5.55. The fourth-order valence-corrected chi connectivity index (χ4v) is 2.51. The monoisotopic (exact) mass is 273 g/mol. The minimum Gasteiger partial charge on any atom is -0.256 e. The van der Waals surface area contributed by atoms with Crippen molar-refractivity contribution in [1.82, 2.24) is 4.98 Å². The van der Waals surface area contributed by atoms with E-state index in [4.69, 9.17) is 0 Å². The first-order chi connectivity index (χ1) is 10.1. The first-order valence-electron chi connectivity index (χ1n) is 7.25. The van der Waals surface area contributed by atoms with Gasteiger partial charge < -0.3 is 0 Å². The summed E-state index contributed by atoms with van der Waals surface area (Å²) >= 11 is 0. The summed E-state index contributed by atoms with van der Waals surface area (Å²) in [6.07, 6.45) is 1.97. The average Bonchev–Trinajstić information content (AvgIpc) is 2.51. The maximum absolute atomic E-state index is 4.57. The summed E-state index contributed by atoms with van der Waals surface area (Å²) in [6, 6.07) is 19.2. The Balaban J connectivity index is 2.12. The van der Waals surface area contributed by atoms with Gasteiger partial charge in [-0.15, -0.1) is 0 Å². The maximum Gasteiger partial charge on any atom is 0.0708 e. The van der Waals surface area contributed by atoms with Crippen LogP contribution in [0.2, 0.25) is 0 Å². The van der Waals surface area contributed by atoms with Gasteiger partial charge >= 0.3 is 0 Å². The lowest BCUT2D eigenvalue weighted by Gasteiger charge is -2.10. The van der Waals surface area contributed by atoms with Crippen molar-refractivity contribution < 1.29 is 0 Å². The van der Waals surface area contributed by atoms with E-state index < -0.39 is 0 Å². The van der Waals surface area contributed by atoms with Crippen LogP contribution in [0.25, 0.3) is 22.4 Å². The van der Waals surface area contributed by atoms with E-state index in [1.165, 1.54) is 27.8 Å². The Bertz CT molecular complexity index is 773. The van der Waals surface area contributed by atoms with Crippen LogP contribution in [0, 0.1) is 20.8 Å². The molecule has 0 aliphatic rings. The third kappa shape index (κ3) is 2.73. The predicted molar refractivity (Wildman–Crippen MR) is 89.3 cm³/mol. The average molecular weight is 273 g/mol. The molecule has 3 rings (SSSR count). The van der Waals surface area contributed by atoms with Gasteiger partial charge in [0.25, 0.3) is 0 Å². The van der Waals surface area contributed by atoms with E-state index in [2.05, 4.69) is 62.2 Å². The lowest BCUT2D eigenvalue weighted by molar-refractivity contribution is 1.26. The third-order valence-corrected chi connectivity index (χ3v) is 3.99. The van der Waals surface area contributed by atoms with Crippen LogP contribution < -0.4 is 0 Å². The van der Waals surface area contributed by atoms with E-state index in [0.29, 0.717) is 0 Å². The van der Waals surface area contributed by atoms with Gasteiger partial charge in [-0.25, -0.2) is 0 Å². The quantitative estimate of drug-likeness (QED) is 0.614. The number of aryl methyl sites for hydroxylation is 3.